The van der Waals surface area contributed by atoms with Gasteiger partial charge in [0.2, 0.25) is 0 Å². The van der Waals surface area contributed by atoms with Gasteiger partial charge in [0.05, 0.1) is 19.6 Å². The Balaban J connectivity index is 2.72. The minimum atomic E-state index is -0.676. The average Bonchev–Trinajstić information content (AvgIpc) is 2.55. The van der Waals surface area contributed by atoms with Crippen molar-refractivity contribution in [1.29, 1.82) is 0 Å². The summed E-state index contributed by atoms with van der Waals surface area (Å²) in [5.74, 6) is -1.58. The van der Waals surface area contributed by atoms with Gasteiger partial charge in [-0.25, -0.2) is 10.2 Å². The molecule has 0 fully saturated rings. The van der Waals surface area contributed by atoms with Crippen molar-refractivity contribution in [3.05, 3.63) is 35.9 Å². The van der Waals surface area contributed by atoms with Crippen molar-refractivity contribution in [1.82, 2.24) is 5.43 Å². The predicted molar refractivity (Wildman–Crippen MR) is 83.8 cm³/mol. The number of rotatable bonds is 8. The van der Waals surface area contributed by atoms with Crippen LogP contribution in [-0.2, 0) is 19.1 Å². The minimum absolute atomic E-state index is 0.0206. The number of esters is 2. The molecule has 0 spiro atoms. The zero-order chi connectivity index (χ0) is 17.1. The maximum absolute atomic E-state index is 11.9. The zero-order valence-electron chi connectivity index (χ0n) is 13.2. The molecule has 0 atom stereocenters. The molecule has 124 valence electrons. The average molecular weight is 320 g/mol. The minimum Gasteiger partial charge on any atom is -0.466 e. The van der Waals surface area contributed by atoms with Crippen molar-refractivity contribution in [2.75, 3.05) is 13.2 Å². The molecule has 1 amide bonds. The van der Waals surface area contributed by atoms with Crippen molar-refractivity contribution >= 4 is 23.6 Å². The van der Waals surface area contributed by atoms with Crippen molar-refractivity contribution in [3.8, 4) is 0 Å². The van der Waals surface area contributed by atoms with Crippen LogP contribution < -0.4 is 5.43 Å². The molecule has 1 rings (SSSR count). The van der Waals surface area contributed by atoms with Crippen LogP contribution in [0, 0.1) is 0 Å². The molecule has 23 heavy (non-hydrogen) atoms. The standard InChI is InChI=1S/C16H20N2O5/c1-3-22-14(19)11-10-13(16(21)23-4-2)17-18-15(20)12-8-6-5-7-9-12/h5-9H,3-4,10-11H2,1-2H3,(H,18,20)/b17-13+. The zero-order valence-corrected chi connectivity index (χ0v) is 13.2. The Morgan fingerprint density at radius 3 is 2.26 bits per heavy atom. The van der Waals surface area contributed by atoms with Crippen LogP contribution in [0.2, 0.25) is 0 Å². The highest BCUT2D eigenvalue weighted by Crippen LogP contribution is 2.01. The molecule has 0 unspecified atom stereocenters. The molecule has 0 aliphatic rings. The molecule has 0 aliphatic carbocycles. The molecule has 7 nitrogen and oxygen atoms in total. The lowest BCUT2D eigenvalue weighted by molar-refractivity contribution is -0.142. The number of hydrogen-bond donors (Lipinski definition) is 1. The van der Waals surface area contributed by atoms with Crippen LogP contribution in [-0.4, -0.2) is 36.8 Å². The van der Waals surface area contributed by atoms with Crippen molar-refractivity contribution in [2.45, 2.75) is 26.7 Å². The molecule has 0 saturated heterocycles. The lowest BCUT2D eigenvalue weighted by atomic mass is 10.2. The van der Waals surface area contributed by atoms with Gasteiger partial charge >= 0.3 is 11.9 Å². The Morgan fingerprint density at radius 1 is 1.00 bits per heavy atom. The first-order valence-corrected chi connectivity index (χ1v) is 7.33. The van der Waals surface area contributed by atoms with E-state index in [9.17, 15) is 14.4 Å². The molecule has 0 aromatic heterocycles. The van der Waals surface area contributed by atoms with E-state index in [4.69, 9.17) is 9.47 Å². The fourth-order valence-electron chi connectivity index (χ4n) is 1.64. The first kappa shape index (κ1) is 18.3. The molecule has 7 heteroatoms. The maximum Gasteiger partial charge on any atom is 0.354 e. The summed E-state index contributed by atoms with van der Waals surface area (Å²) in [6.07, 6.45) is -0.000564. The Kier molecular flexibility index (Phi) is 8.06. The lowest BCUT2D eigenvalue weighted by Crippen LogP contribution is -2.25. The number of benzene rings is 1. The summed E-state index contributed by atoms with van der Waals surface area (Å²) in [4.78, 5) is 35.1. The molecular formula is C16H20N2O5. The van der Waals surface area contributed by atoms with Gasteiger partial charge in [0.1, 0.15) is 5.71 Å². The van der Waals surface area contributed by atoms with Gasteiger partial charge in [0.25, 0.3) is 5.91 Å². The van der Waals surface area contributed by atoms with Crippen LogP contribution in [0.25, 0.3) is 0 Å². The summed E-state index contributed by atoms with van der Waals surface area (Å²) < 4.78 is 9.65. The maximum atomic E-state index is 11.9. The van der Waals surface area contributed by atoms with Gasteiger partial charge in [-0.15, -0.1) is 0 Å². The number of nitrogens with one attached hydrogen (secondary N) is 1. The number of ether oxygens (including phenoxy) is 2. The fourth-order valence-corrected chi connectivity index (χ4v) is 1.64. The summed E-state index contributed by atoms with van der Waals surface area (Å²) in [7, 11) is 0. The van der Waals surface area contributed by atoms with Crippen LogP contribution in [0.15, 0.2) is 35.4 Å². The summed E-state index contributed by atoms with van der Waals surface area (Å²) in [6.45, 7) is 3.78. The van der Waals surface area contributed by atoms with E-state index < -0.39 is 17.8 Å². The van der Waals surface area contributed by atoms with Gasteiger partial charge in [0.15, 0.2) is 0 Å². The highest BCUT2D eigenvalue weighted by molar-refractivity contribution is 6.36. The van der Waals surface area contributed by atoms with E-state index in [1.807, 2.05) is 0 Å². The largest absolute Gasteiger partial charge is 0.466 e. The van der Waals surface area contributed by atoms with Gasteiger partial charge in [-0.2, -0.15) is 5.10 Å². The molecule has 0 aliphatic heterocycles. The number of nitrogens with zero attached hydrogens (tertiary/aromatic N) is 1. The number of carbonyl (C=O) groups is 3. The first-order chi connectivity index (χ1) is 11.1. The number of amides is 1. The van der Waals surface area contributed by atoms with E-state index in [0.717, 1.165) is 0 Å². The Labute approximate surface area is 134 Å². The van der Waals surface area contributed by atoms with Crippen molar-refractivity contribution in [2.24, 2.45) is 5.10 Å². The van der Waals surface area contributed by atoms with Gasteiger partial charge in [-0.3, -0.25) is 9.59 Å². The summed E-state index contributed by atoms with van der Waals surface area (Å²) >= 11 is 0. The van der Waals surface area contributed by atoms with Crippen LogP contribution in [0.1, 0.15) is 37.0 Å². The van der Waals surface area contributed by atoms with Crippen LogP contribution >= 0.6 is 0 Å². The summed E-state index contributed by atoms with van der Waals surface area (Å²) in [5.41, 5.74) is 2.66. The van der Waals surface area contributed by atoms with Gasteiger partial charge < -0.3 is 9.47 Å². The highest BCUT2D eigenvalue weighted by Gasteiger charge is 2.16. The fraction of sp³-hybridized carbons (Fsp3) is 0.375. The van der Waals surface area contributed by atoms with E-state index in [0.29, 0.717) is 5.56 Å². The van der Waals surface area contributed by atoms with Crippen molar-refractivity contribution < 1.29 is 23.9 Å². The monoisotopic (exact) mass is 320 g/mol. The molecule has 0 radical (unpaired) electrons. The summed E-state index contributed by atoms with van der Waals surface area (Å²) in [5, 5.41) is 3.79. The summed E-state index contributed by atoms with van der Waals surface area (Å²) in [6, 6.07) is 8.45. The van der Waals surface area contributed by atoms with E-state index in [-0.39, 0.29) is 31.8 Å². The van der Waals surface area contributed by atoms with Crippen molar-refractivity contribution in [3.63, 3.8) is 0 Å². The van der Waals surface area contributed by atoms with Gasteiger partial charge in [0, 0.05) is 12.0 Å². The van der Waals surface area contributed by atoms with Crippen LogP contribution in [0.5, 0.6) is 0 Å². The molecule has 0 saturated carbocycles. The molecule has 0 heterocycles. The number of hydrogen-bond acceptors (Lipinski definition) is 6. The Hall–Kier alpha value is -2.70. The normalized spacial score (nSPS) is 10.8. The SMILES string of the molecule is CCOC(=O)CC/C(=N\NC(=O)c1ccccc1)C(=O)OCC. The second kappa shape index (κ2) is 10.1. The van der Waals surface area contributed by atoms with Gasteiger partial charge in [-0.05, 0) is 26.0 Å². The first-order valence-electron chi connectivity index (χ1n) is 7.33. The second-order valence-electron chi connectivity index (χ2n) is 4.39. The third kappa shape index (κ3) is 6.73. The quantitative estimate of drug-likeness (QED) is 0.447. The lowest BCUT2D eigenvalue weighted by Gasteiger charge is -2.07. The van der Waals surface area contributed by atoms with E-state index in [1.54, 1.807) is 44.2 Å². The highest BCUT2D eigenvalue weighted by atomic mass is 16.5. The smallest absolute Gasteiger partial charge is 0.354 e. The predicted octanol–water partition coefficient (Wildman–Crippen LogP) is 1.68. The molecule has 1 N–H and O–H groups in total. The number of hydrazone groups is 1. The topological polar surface area (TPSA) is 94.1 Å². The molecule has 0 bridgehead atoms. The third-order valence-corrected chi connectivity index (χ3v) is 2.71. The molecule has 1 aromatic rings. The molecular weight excluding hydrogens is 300 g/mol. The van der Waals surface area contributed by atoms with Gasteiger partial charge in [-0.1, -0.05) is 18.2 Å². The van der Waals surface area contributed by atoms with Crippen LogP contribution in [0.4, 0.5) is 0 Å². The number of carbonyl (C=O) groups excluding carboxylic acids is 3. The Bertz CT molecular complexity index is 569. The van der Waals surface area contributed by atoms with E-state index in [2.05, 4.69) is 10.5 Å². The van der Waals surface area contributed by atoms with E-state index in [1.165, 1.54) is 0 Å². The van der Waals surface area contributed by atoms with E-state index >= 15 is 0 Å². The second-order valence-corrected chi connectivity index (χ2v) is 4.39. The third-order valence-electron chi connectivity index (χ3n) is 2.71. The Morgan fingerprint density at radius 2 is 1.65 bits per heavy atom. The van der Waals surface area contributed by atoms with Crippen LogP contribution in [0.3, 0.4) is 0 Å². The molecule has 1 aromatic carbocycles.